The van der Waals surface area contributed by atoms with E-state index in [1.165, 1.54) is 0 Å². The van der Waals surface area contributed by atoms with Crippen LogP contribution in [-0.2, 0) is 4.74 Å². The first-order chi connectivity index (χ1) is 9.20. The number of benzene rings is 1. The molecule has 0 unspecified atom stereocenters. The highest BCUT2D eigenvalue weighted by Crippen LogP contribution is 2.12. The molecule has 0 aliphatic rings. The lowest BCUT2D eigenvalue weighted by atomic mass is 9.94. The fourth-order valence-electron chi connectivity index (χ4n) is 1.80. The van der Waals surface area contributed by atoms with Gasteiger partial charge in [0.25, 0.3) is 0 Å². The van der Waals surface area contributed by atoms with E-state index in [-0.39, 0.29) is 12.0 Å². The highest BCUT2D eigenvalue weighted by molar-refractivity contribution is 6.03. The third-order valence-corrected chi connectivity index (χ3v) is 2.73. The number of rotatable bonds is 4. The molecule has 0 aliphatic heterocycles. The molecule has 1 aromatic carbocycles. The number of carbonyl (C=O) groups is 1. The maximum absolute atomic E-state index is 11.9. The molecule has 1 rings (SSSR count). The van der Waals surface area contributed by atoms with Crippen LogP contribution in [0.15, 0.2) is 30.3 Å². The van der Waals surface area contributed by atoms with Crippen molar-refractivity contribution in [3.8, 4) is 0 Å². The van der Waals surface area contributed by atoms with Gasteiger partial charge < -0.3 is 15.5 Å². The van der Waals surface area contributed by atoms with Gasteiger partial charge in [-0.05, 0) is 32.3 Å². The maximum Gasteiger partial charge on any atom is 0.408 e. The van der Waals surface area contributed by atoms with Crippen LogP contribution in [0.4, 0.5) is 4.79 Å². The monoisotopic (exact) mass is 276 g/mol. The first-order valence-corrected chi connectivity index (χ1v) is 6.84. The molecule has 2 N–H and O–H groups in total. The molecule has 0 radical (unpaired) electrons. The van der Waals surface area contributed by atoms with Crippen LogP contribution in [0.1, 0.15) is 40.2 Å². The van der Waals surface area contributed by atoms with Gasteiger partial charge in [-0.25, -0.2) is 4.79 Å². The summed E-state index contributed by atoms with van der Waals surface area (Å²) in [6.45, 7) is 9.40. The van der Waals surface area contributed by atoms with Crippen LogP contribution in [0.2, 0.25) is 0 Å². The first-order valence-electron chi connectivity index (χ1n) is 6.84. The molecular weight excluding hydrogens is 252 g/mol. The molecule has 1 atom stereocenters. The SMILES string of the molecule is CC(C)[C@H](NC(=O)OC(C)(C)C)C(=N)c1ccccc1. The summed E-state index contributed by atoms with van der Waals surface area (Å²) in [6, 6.07) is 9.04. The van der Waals surface area contributed by atoms with E-state index in [1.54, 1.807) is 0 Å². The van der Waals surface area contributed by atoms with Crippen LogP contribution in [0, 0.1) is 11.3 Å². The predicted octanol–water partition coefficient (Wildman–Crippen LogP) is 3.60. The Labute approximate surface area is 121 Å². The molecule has 0 heterocycles. The summed E-state index contributed by atoms with van der Waals surface area (Å²) in [5.74, 6) is 0.107. The molecule has 4 nitrogen and oxygen atoms in total. The molecule has 0 aromatic heterocycles. The van der Waals surface area contributed by atoms with Crippen molar-refractivity contribution < 1.29 is 9.53 Å². The Kier molecular flexibility index (Phi) is 5.31. The van der Waals surface area contributed by atoms with Gasteiger partial charge in [-0.3, -0.25) is 0 Å². The normalized spacial score (nSPS) is 12.9. The van der Waals surface area contributed by atoms with Gasteiger partial charge in [0, 0.05) is 0 Å². The Balaban J connectivity index is 2.80. The second-order valence-corrected chi connectivity index (χ2v) is 6.15. The predicted molar refractivity (Wildman–Crippen MR) is 81.3 cm³/mol. The minimum atomic E-state index is -0.541. The molecule has 1 amide bonds. The standard InChI is InChI=1S/C16H24N2O2/c1-11(2)14(18-15(19)20-16(3,4)5)13(17)12-9-7-6-8-10-12/h6-11,14,17H,1-5H3,(H,18,19)/t14-/m0/s1. The van der Waals surface area contributed by atoms with E-state index >= 15 is 0 Å². The van der Waals surface area contributed by atoms with Crippen LogP contribution in [0.3, 0.4) is 0 Å². The van der Waals surface area contributed by atoms with Crippen LogP contribution in [-0.4, -0.2) is 23.4 Å². The third-order valence-electron chi connectivity index (χ3n) is 2.73. The second kappa shape index (κ2) is 6.55. The zero-order valence-electron chi connectivity index (χ0n) is 12.9. The van der Waals surface area contributed by atoms with Crippen LogP contribution in [0.5, 0.6) is 0 Å². The van der Waals surface area contributed by atoms with Crippen LogP contribution < -0.4 is 5.32 Å². The molecule has 110 valence electrons. The summed E-state index contributed by atoms with van der Waals surface area (Å²) in [5, 5.41) is 11.1. The fourth-order valence-corrected chi connectivity index (χ4v) is 1.80. The Hall–Kier alpha value is -1.84. The van der Waals surface area contributed by atoms with Gasteiger partial charge in [0.05, 0.1) is 11.8 Å². The van der Waals surface area contributed by atoms with Gasteiger partial charge in [-0.15, -0.1) is 0 Å². The quantitative estimate of drug-likeness (QED) is 0.825. The van der Waals surface area contributed by atoms with Gasteiger partial charge >= 0.3 is 6.09 Å². The van der Waals surface area contributed by atoms with Crippen LogP contribution in [0.25, 0.3) is 0 Å². The average molecular weight is 276 g/mol. The average Bonchev–Trinajstić information content (AvgIpc) is 2.34. The number of hydrogen-bond donors (Lipinski definition) is 2. The molecule has 1 aromatic rings. The largest absolute Gasteiger partial charge is 0.444 e. The third kappa shape index (κ3) is 5.03. The van der Waals surface area contributed by atoms with E-state index < -0.39 is 11.7 Å². The van der Waals surface area contributed by atoms with Gasteiger partial charge in [0.1, 0.15) is 5.60 Å². The summed E-state index contributed by atoms with van der Waals surface area (Å²) in [4.78, 5) is 11.9. The van der Waals surface area contributed by atoms with Gasteiger partial charge in [-0.1, -0.05) is 44.2 Å². The molecule has 0 fully saturated rings. The number of carbonyl (C=O) groups excluding carboxylic acids is 1. The molecule has 20 heavy (non-hydrogen) atoms. The van der Waals surface area contributed by atoms with Crippen molar-refractivity contribution in [2.75, 3.05) is 0 Å². The summed E-state index contributed by atoms with van der Waals surface area (Å²) < 4.78 is 5.26. The molecule has 0 bridgehead atoms. The number of alkyl carbamates (subject to hydrolysis) is 1. The van der Waals surface area contributed by atoms with Crippen molar-refractivity contribution in [1.82, 2.24) is 5.32 Å². The lowest BCUT2D eigenvalue weighted by Gasteiger charge is -2.26. The van der Waals surface area contributed by atoms with Gasteiger partial charge in [-0.2, -0.15) is 0 Å². The number of ether oxygens (including phenoxy) is 1. The fraction of sp³-hybridized carbons (Fsp3) is 0.500. The van der Waals surface area contributed by atoms with Gasteiger partial charge in [0.15, 0.2) is 0 Å². The van der Waals surface area contributed by atoms with Crippen LogP contribution >= 0.6 is 0 Å². The van der Waals surface area contributed by atoms with E-state index in [0.29, 0.717) is 5.71 Å². The Morgan fingerprint density at radius 1 is 1.20 bits per heavy atom. The lowest BCUT2D eigenvalue weighted by Crippen LogP contribution is -2.46. The van der Waals surface area contributed by atoms with E-state index in [2.05, 4.69) is 5.32 Å². The zero-order valence-corrected chi connectivity index (χ0v) is 12.9. The van der Waals surface area contributed by atoms with Gasteiger partial charge in [0.2, 0.25) is 0 Å². The van der Waals surface area contributed by atoms with E-state index in [1.807, 2.05) is 65.0 Å². The topological polar surface area (TPSA) is 62.2 Å². The molecule has 4 heteroatoms. The van der Waals surface area contributed by atoms with Crippen molar-refractivity contribution in [1.29, 1.82) is 5.41 Å². The maximum atomic E-state index is 11.9. The minimum Gasteiger partial charge on any atom is -0.444 e. The second-order valence-electron chi connectivity index (χ2n) is 6.15. The summed E-state index contributed by atoms with van der Waals surface area (Å²) in [7, 11) is 0. The minimum absolute atomic E-state index is 0.107. The van der Waals surface area contributed by atoms with E-state index in [9.17, 15) is 4.79 Å². The summed E-state index contributed by atoms with van der Waals surface area (Å²) in [5.41, 5.74) is 0.661. The van der Waals surface area contributed by atoms with Crippen molar-refractivity contribution in [3.05, 3.63) is 35.9 Å². The Bertz CT molecular complexity index is 461. The smallest absolute Gasteiger partial charge is 0.408 e. The molecule has 0 spiro atoms. The zero-order chi connectivity index (χ0) is 15.3. The van der Waals surface area contributed by atoms with Crippen molar-refractivity contribution in [2.24, 2.45) is 5.92 Å². The highest BCUT2D eigenvalue weighted by Gasteiger charge is 2.25. The Morgan fingerprint density at radius 2 is 1.75 bits per heavy atom. The summed E-state index contributed by atoms with van der Waals surface area (Å²) in [6.07, 6.45) is -0.489. The summed E-state index contributed by atoms with van der Waals surface area (Å²) >= 11 is 0. The van der Waals surface area contributed by atoms with Crippen molar-refractivity contribution in [3.63, 3.8) is 0 Å². The lowest BCUT2D eigenvalue weighted by molar-refractivity contribution is 0.0508. The number of hydrogen-bond acceptors (Lipinski definition) is 3. The number of nitrogens with one attached hydrogen (secondary N) is 2. The van der Waals surface area contributed by atoms with Crippen molar-refractivity contribution >= 4 is 11.8 Å². The Morgan fingerprint density at radius 3 is 2.20 bits per heavy atom. The highest BCUT2D eigenvalue weighted by atomic mass is 16.6. The van der Waals surface area contributed by atoms with E-state index in [0.717, 1.165) is 5.56 Å². The number of amides is 1. The molecule has 0 saturated heterocycles. The first kappa shape index (κ1) is 16.2. The molecule has 0 aliphatic carbocycles. The molecule has 0 saturated carbocycles. The molecular formula is C16H24N2O2. The van der Waals surface area contributed by atoms with E-state index in [4.69, 9.17) is 10.1 Å². The van der Waals surface area contributed by atoms with Crippen molar-refractivity contribution in [2.45, 2.75) is 46.3 Å².